The minimum absolute atomic E-state index is 0.00789. The van der Waals surface area contributed by atoms with Crippen LogP contribution in [0.3, 0.4) is 0 Å². The fraction of sp³-hybridized carbons (Fsp3) is 0.167. The number of nitrogens with one attached hydrogen (secondary N) is 2. The molecule has 0 bridgehead atoms. The van der Waals surface area contributed by atoms with Crippen LogP contribution in [0, 0.1) is 0 Å². The minimum atomic E-state index is -1.77. The summed E-state index contributed by atoms with van der Waals surface area (Å²) >= 11 is 0. The predicted octanol–water partition coefficient (Wildman–Crippen LogP) is 1.11. The summed E-state index contributed by atoms with van der Waals surface area (Å²) in [6.07, 6.45) is 3.20. The zero-order chi connectivity index (χ0) is 19.0. The lowest BCUT2D eigenvalue weighted by molar-refractivity contribution is -0.138. The van der Waals surface area contributed by atoms with E-state index in [9.17, 15) is 19.2 Å². The first-order valence-corrected chi connectivity index (χ1v) is 8.18. The Kier molecular flexibility index (Phi) is 3.84. The summed E-state index contributed by atoms with van der Waals surface area (Å²) in [4.78, 5) is 53.8. The number of imide groups is 2. The average molecular weight is 366 g/mol. The van der Waals surface area contributed by atoms with E-state index in [0.717, 1.165) is 4.90 Å². The Morgan fingerprint density at radius 3 is 2.11 bits per heavy atom. The van der Waals surface area contributed by atoms with Crippen molar-refractivity contribution < 1.29 is 23.9 Å². The second-order valence-corrected chi connectivity index (χ2v) is 6.11. The smallest absolute Gasteiger partial charge is 0.328 e. The van der Waals surface area contributed by atoms with E-state index in [1.165, 1.54) is 0 Å². The van der Waals surface area contributed by atoms with Gasteiger partial charge in [0.25, 0.3) is 11.8 Å². The van der Waals surface area contributed by atoms with Crippen molar-refractivity contribution in [2.24, 2.45) is 0 Å². The number of hydrogen-bond acceptors (Lipinski definition) is 6. The number of carbonyl (C=O) groups is 4. The highest BCUT2D eigenvalue weighted by atomic mass is 16.5. The van der Waals surface area contributed by atoms with E-state index in [1.807, 2.05) is 0 Å². The molecule has 5 amide bonds. The van der Waals surface area contributed by atoms with Gasteiger partial charge in [-0.3, -0.25) is 34.9 Å². The van der Waals surface area contributed by atoms with Gasteiger partial charge in [0.15, 0.2) is 0 Å². The maximum Gasteiger partial charge on any atom is 0.328 e. The second kappa shape index (κ2) is 6.20. The van der Waals surface area contributed by atoms with Crippen molar-refractivity contribution in [3.63, 3.8) is 0 Å². The van der Waals surface area contributed by atoms with Gasteiger partial charge in [0.05, 0.1) is 0 Å². The van der Waals surface area contributed by atoms with Crippen molar-refractivity contribution in [1.82, 2.24) is 15.6 Å². The van der Waals surface area contributed by atoms with Gasteiger partial charge in [-0.2, -0.15) is 0 Å². The highest BCUT2D eigenvalue weighted by Gasteiger charge is 2.60. The van der Waals surface area contributed by atoms with Gasteiger partial charge >= 0.3 is 6.03 Å². The number of amides is 5. The summed E-state index contributed by atoms with van der Waals surface area (Å²) in [5, 5.41) is 4.15. The number of urea groups is 1. The molecule has 1 spiro atoms. The third-order valence-electron chi connectivity index (χ3n) is 4.52. The van der Waals surface area contributed by atoms with Gasteiger partial charge in [0.2, 0.25) is 11.4 Å². The Morgan fingerprint density at radius 1 is 0.889 bits per heavy atom. The number of hydrogen-bond donors (Lipinski definition) is 2. The summed E-state index contributed by atoms with van der Waals surface area (Å²) in [6.45, 7) is 0. The van der Waals surface area contributed by atoms with E-state index in [-0.39, 0.29) is 18.7 Å². The molecule has 2 aliphatic heterocycles. The third-order valence-corrected chi connectivity index (χ3v) is 4.52. The van der Waals surface area contributed by atoms with Gasteiger partial charge < -0.3 is 4.74 Å². The minimum Gasteiger partial charge on any atom is -0.457 e. The van der Waals surface area contributed by atoms with Crippen molar-refractivity contribution in [2.75, 3.05) is 4.90 Å². The summed E-state index contributed by atoms with van der Waals surface area (Å²) in [6, 6.07) is 8.91. The van der Waals surface area contributed by atoms with Crippen molar-refractivity contribution in [3.8, 4) is 11.5 Å². The fourth-order valence-corrected chi connectivity index (χ4v) is 3.27. The number of aromatic nitrogens is 1. The Hall–Kier alpha value is -3.75. The quantitative estimate of drug-likeness (QED) is 0.786. The van der Waals surface area contributed by atoms with Gasteiger partial charge in [-0.25, -0.2) is 4.79 Å². The van der Waals surface area contributed by atoms with Gasteiger partial charge in [-0.15, -0.1) is 0 Å². The number of ether oxygens (including phenoxy) is 1. The molecule has 9 heteroatoms. The molecular weight excluding hydrogens is 352 g/mol. The molecule has 0 atom stereocenters. The molecule has 4 rings (SSSR count). The molecule has 2 aliphatic rings. The van der Waals surface area contributed by atoms with Crippen LogP contribution in [0.1, 0.15) is 12.8 Å². The molecule has 2 N–H and O–H groups in total. The number of carbonyl (C=O) groups excluding carboxylic acids is 4. The van der Waals surface area contributed by atoms with Crippen molar-refractivity contribution in [1.29, 1.82) is 0 Å². The van der Waals surface area contributed by atoms with E-state index < -0.39 is 23.4 Å². The molecule has 2 fully saturated rings. The van der Waals surface area contributed by atoms with E-state index >= 15 is 0 Å². The maximum absolute atomic E-state index is 12.5. The predicted molar refractivity (Wildman–Crippen MR) is 91.9 cm³/mol. The normalized spacial score (nSPS) is 18.4. The molecule has 9 nitrogen and oxygen atoms in total. The van der Waals surface area contributed by atoms with E-state index in [1.54, 1.807) is 48.8 Å². The van der Waals surface area contributed by atoms with Crippen LogP contribution in [0.4, 0.5) is 10.5 Å². The summed E-state index contributed by atoms with van der Waals surface area (Å²) in [5.74, 6) is -0.884. The average Bonchev–Trinajstić information content (AvgIpc) is 3.00. The first-order chi connectivity index (χ1) is 13.0. The number of nitrogens with zero attached hydrogens (tertiary/aromatic N) is 2. The molecule has 2 saturated heterocycles. The summed E-state index contributed by atoms with van der Waals surface area (Å²) in [5.41, 5.74) is -1.41. The highest BCUT2D eigenvalue weighted by molar-refractivity contribution is 6.28. The van der Waals surface area contributed by atoms with Gasteiger partial charge in [0, 0.05) is 24.5 Å². The van der Waals surface area contributed by atoms with Crippen LogP contribution >= 0.6 is 0 Å². The van der Waals surface area contributed by atoms with Crippen LogP contribution in [0.2, 0.25) is 0 Å². The van der Waals surface area contributed by atoms with Crippen molar-refractivity contribution >= 4 is 29.4 Å². The Balaban J connectivity index is 1.65. The zero-order valence-electron chi connectivity index (χ0n) is 14.0. The van der Waals surface area contributed by atoms with Gasteiger partial charge in [0.1, 0.15) is 11.5 Å². The van der Waals surface area contributed by atoms with Crippen LogP contribution in [-0.2, 0) is 14.4 Å². The van der Waals surface area contributed by atoms with Crippen LogP contribution in [0.15, 0.2) is 48.8 Å². The first kappa shape index (κ1) is 16.7. The van der Waals surface area contributed by atoms with Gasteiger partial charge in [-0.1, -0.05) is 0 Å². The van der Waals surface area contributed by atoms with E-state index in [0.29, 0.717) is 17.2 Å². The molecule has 3 heterocycles. The van der Waals surface area contributed by atoms with Crippen LogP contribution < -0.4 is 20.3 Å². The number of rotatable bonds is 3. The Bertz CT molecular complexity index is 922. The first-order valence-electron chi connectivity index (χ1n) is 8.18. The molecular formula is C18H14N4O5. The zero-order valence-corrected chi connectivity index (χ0v) is 14.0. The fourth-order valence-electron chi connectivity index (χ4n) is 3.27. The van der Waals surface area contributed by atoms with Crippen LogP contribution in [0.5, 0.6) is 11.5 Å². The lowest BCUT2D eigenvalue weighted by atomic mass is 9.91. The standard InChI is InChI=1S/C18H14N4O5/c23-14-5-8-18(15(24)20-17(26)21-16(18)25)22(14)11-1-3-12(4-2-11)27-13-6-9-19-10-7-13/h1-4,6-7,9-10H,5,8H2,(H2,20,21,24,25,26). The molecule has 2 aromatic rings. The molecule has 0 aliphatic carbocycles. The SMILES string of the molecule is O=C1NC(=O)C2(CCC(=O)N2c2ccc(Oc3ccncc3)cc2)C(=O)N1. The summed E-state index contributed by atoms with van der Waals surface area (Å²) in [7, 11) is 0. The largest absolute Gasteiger partial charge is 0.457 e. The molecule has 27 heavy (non-hydrogen) atoms. The molecule has 1 aromatic carbocycles. The number of benzene rings is 1. The lowest BCUT2D eigenvalue weighted by Gasteiger charge is -2.37. The third kappa shape index (κ3) is 2.69. The van der Waals surface area contributed by atoms with Crippen molar-refractivity contribution in [2.45, 2.75) is 18.4 Å². The molecule has 0 radical (unpaired) electrons. The van der Waals surface area contributed by atoms with Gasteiger partial charge in [-0.05, 0) is 42.8 Å². The molecule has 136 valence electrons. The Labute approximate surface area is 153 Å². The topological polar surface area (TPSA) is 118 Å². The molecule has 1 aromatic heterocycles. The monoisotopic (exact) mass is 366 g/mol. The lowest BCUT2D eigenvalue weighted by Crippen LogP contribution is -2.72. The second-order valence-electron chi connectivity index (χ2n) is 6.11. The molecule has 0 saturated carbocycles. The summed E-state index contributed by atoms with van der Waals surface area (Å²) < 4.78 is 5.67. The number of anilines is 1. The highest BCUT2D eigenvalue weighted by Crippen LogP contribution is 2.37. The Morgan fingerprint density at radius 2 is 1.48 bits per heavy atom. The maximum atomic E-state index is 12.5. The molecule has 0 unspecified atom stereocenters. The van der Waals surface area contributed by atoms with Crippen LogP contribution in [-0.4, -0.2) is 34.3 Å². The van der Waals surface area contributed by atoms with Crippen LogP contribution in [0.25, 0.3) is 0 Å². The van der Waals surface area contributed by atoms with Crippen molar-refractivity contribution in [3.05, 3.63) is 48.8 Å². The number of pyridine rings is 1. The van der Waals surface area contributed by atoms with E-state index in [2.05, 4.69) is 15.6 Å². The number of barbiturate groups is 1. The van der Waals surface area contributed by atoms with E-state index in [4.69, 9.17) is 4.74 Å².